The number of rotatable bonds is 0. The summed E-state index contributed by atoms with van der Waals surface area (Å²) in [6.45, 7) is 4.38. The topological polar surface area (TPSA) is 84.0 Å². The molecule has 6 heterocycles. The number of amidine groups is 4. The molecule has 8 nitrogen and oxygen atoms in total. The number of nitrogens with zero attached hydrogens (tertiary/aromatic N) is 8. The zero-order valence-corrected chi connectivity index (χ0v) is 23.3. The summed E-state index contributed by atoms with van der Waals surface area (Å²) in [4.78, 5) is 31.3. The molecule has 10 rings (SSSR count). The van der Waals surface area contributed by atoms with E-state index in [-0.39, 0.29) is 0 Å². The summed E-state index contributed by atoms with van der Waals surface area (Å²) < 4.78 is 4.44. The molecule has 0 saturated carbocycles. The highest BCUT2D eigenvalue weighted by atomic mass is 15.4. The lowest BCUT2D eigenvalue weighted by molar-refractivity contribution is 0.283. The molecule has 2 aromatic heterocycles. The standard InChI is InChI=1S/C35H22N8/c1-35(2)42-31-23-15-7-8-16-24(23)33(42)40-29-21-13-5-6-14-22(21)30(37-29)41-34-26-18-10-9-17-25(26)32(43(34)35)39-28-20-12-4-3-11-19(20)27(36-28)38-31/h3-18H,1-2H3. The molecule has 8 heteroatoms. The molecule has 4 aromatic carbocycles. The van der Waals surface area contributed by atoms with Crippen molar-refractivity contribution >= 4 is 56.5 Å². The number of aliphatic imine (C=N–C) groups is 4. The Labute approximate surface area is 245 Å². The number of hydrogen-bond donors (Lipinski definition) is 0. The van der Waals surface area contributed by atoms with Gasteiger partial charge >= 0.3 is 0 Å². The van der Waals surface area contributed by atoms with Crippen LogP contribution in [0, 0.1) is 0 Å². The fraction of sp³-hybridized carbons (Fsp3) is 0.0857. The molecular weight excluding hydrogens is 532 g/mol. The van der Waals surface area contributed by atoms with E-state index in [0.717, 1.165) is 66.4 Å². The van der Waals surface area contributed by atoms with Crippen molar-refractivity contribution in [3.05, 3.63) is 130 Å². The third kappa shape index (κ3) is 2.84. The predicted octanol–water partition coefficient (Wildman–Crippen LogP) is 5.78. The summed E-state index contributed by atoms with van der Waals surface area (Å²) in [6.07, 6.45) is 0. The van der Waals surface area contributed by atoms with Crippen molar-refractivity contribution in [1.82, 2.24) is 9.13 Å². The summed E-state index contributed by atoms with van der Waals surface area (Å²) in [5.74, 6) is 4.12. The van der Waals surface area contributed by atoms with Crippen molar-refractivity contribution < 1.29 is 0 Å². The maximum atomic E-state index is 5.32. The first-order valence-electron chi connectivity index (χ1n) is 14.3. The van der Waals surface area contributed by atoms with Crippen molar-refractivity contribution in [2.24, 2.45) is 30.0 Å². The first kappa shape index (κ1) is 22.9. The van der Waals surface area contributed by atoms with Gasteiger partial charge in [0.25, 0.3) is 0 Å². The second-order valence-corrected chi connectivity index (χ2v) is 11.6. The first-order valence-corrected chi connectivity index (χ1v) is 14.3. The molecule has 0 aliphatic carbocycles. The van der Waals surface area contributed by atoms with Crippen molar-refractivity contribution in [2.45, 2.75) is 19.5 Å². The Morgan fingerprint density at radius 2 is 0.744 bits per heavy atom. The Hall–Kier alpha value is -5.76. The molecule has 6 bridgehead atoms. The lowest BCUT2D eigenvalue weighted by Crippen LogP contribution is -2.47. The second-order valence-electron chi connectivity index (χ2n) is 11.6. The highest BCUT2D eigenvalue weighted by Crippen LogP contribution is 2.44. The van der Waals surface area contributed by atoms with Crippen molar-refractivity contribution in [1.29, 1.82) is 0 Å². The molecule has 4 aliphatic heterocycles. The molecule has 0 fully saturated rings. The van der Waals surface area contributed by atoms with Crippen molar-refractivity contribution in [2.75, 3.05) is 0 Å². The SMILES string of the molecule is CC1(C)n2c3c4ccccc4c2N=C2N=C(N=c4c5ccccc5c(n41)=NC1=NC(=N3)c3ccccc31)c1ccccc12. The summed E-state index contributed by atoms with van der Waals surface area (Å²) in [7, 11) is 0. The molecule has 4 aliphatic rings. The van der Waals surface area contributed by atoms with E-state index in [1.54, 1.807) is 0 Å². The third-order valence-electron chi connectivity index (χ3n) is 8.85. The van der Waals surface area contributed by atoms with Crippen LogP contribution in [0.3, 0.4) is 0 Å². The second kappa shape index (κ2) is 7.74. The largest absolute Gasteiger partial charge is 0.286 e. The third-order valence-corrected chi connectivity index (χ3v) is 8.85. The van der Waals surface area contributed by atoms with Gasteiger partial charge in [-0.1, -0.05) is 97.1 Å². The van der Waals surface area contributed by atoms with E-state index in [0.29, 0.717) is 23.3 Å². The molecule has 43 heavy (non-hydrogen) atoms. The van der Waals surface area contributed by atoms with Crippen molar-refractivity contribution in [3.63, 3.8) is 0 Å². The molecule has 0 saturated heterocycles. The monoisotopic (exact) mass is 554 g/mol. The van der Waals surface area contributed by atoms with E-state index in [2.05, 4.69) is 71.5 Å². The maximum absolute atomic E-state index is 5.32. The van der Waals surface area contributed by atoms with Crippen LogP contribution in [-0.4, -0.2) is 32.5 Å². The van der Waals surface area contributed by atoms with Gasteiger partial charge in [0.2, 0.25) is 0 Å². The van der Waals surface area contributed by atoms with Gasteiger partial charge in [-0.3, -0.25) is 9.13 Å². The Morgan fingerprint density at radius 1 is 0.395 bits per heavy atom. The van der Waals surface area contributed by atoms with Crippen LogP contribution in [0.5, 0.6) is 0 Å². The maximum Gasteiger partial charge on any atom is 0.164 e. The zero-order chi connectivity index (χ0) is 28.4. The molecule has 202 valence electrons. The van der Waals surface area contributed by atoms with E-state index in [1.165, 1.54) is 0 Å². The Morgan fingerprint density at radius 3 is 1.16 bits per heavy atom. The smallest absolute Gasteiger partial charge is 0.164 e. The van der Waals surface area contributed by atoms with Crippen LogP contribution in [-0.2, 0) is 5.66 Å². The summed E-state index contributed by atoms with van der Waals surface area (Å²) in [6, 6.07) is 33.0. The Kier molecular flexibility index (Phi) is 4.12. The molecule has 0 N–H and O–H groups in total. The molecule has 0 atom stereocenters. The molecular formula is C35H22N8. The summed E-state index contributed by atoms with van der Waals surface area (Å²) in [5.41, 5.74) is 4.65. The number of aromatic nitrogens is 2. The minimum atomic E-state index is -0.748. The average molecular weight is 555 g/mol. The molecule has 0 amide bonds. The lowest BCUT2D eigenvalue weighted by Gasteiger charge is -2.32. The van der Waals surface area contributed by atoms with E-state index >= 15 is 0 Å². The number of benzene rings is 4. The van der Waals surface area contributed by atoms with Crippen LogP contribution in [0.15, 0.2) is 127 Å². The quantitative estimate of drug-likeness (QED) is 0.228. The van der Waals surface area contributed by atoms with Crippen LogP contribution in [0.1, 0.15) is 36.1 Å². The van der Waals surface area contributed by atoms with Gasteiger partial charge in [-0.25, -0.2) is 30.0 Å². The van der Waals surface area contributed by atoms with Gasteiger partial charge in [0.15, 0.2) is 23.3 Å². The van der Waals surface area contributed by atoms with Gasteiger partial charge in [-0.15, -0.1) is 0 Å². The minimum absolute atomic E-state index is 0.640. The van der Waals surface area contributed by atoms with Crippen LogP contribution in [0.25, 0.3) is 21.5 Å². The van der Waals surface area contributed by atoms with E-state index in [9.17, 15) is 0 Å². The van der Waals surface area contributed by atoms with Crippen molar-refractivity contribution in [3.8, 4) is 0 Å². The van der Waals surface area contributed by atoms with Gasteiger partial charge < -0.3 is 0 Å². The average Bonchev–Trinajstić information content (AvgIpc) is 3.74. The van der Waals surface area contributed by atoms with Gasteiger partial charge in [-0.05, 0) is 13.8 Å². The Balaban J connectivity index is 1.53. The number of fused-ring (bicyclic) bond motifs is 14. The molecule has 0 radical (unpaired) electrons. The van der Waals surface area contributed by atoms with Crippen LogP contribution < -0.4 is 11.0 Å². The normalized spacial score (nSPS) is 16.8. The van der Waals surface area contributed by atoms with Crippen LogP contribution in [0.4, 0.5) is 11.6 Å². The zero-order valence-electron chi connectivity index (χ0n) is 23.3. The minimum Gasteiger partial charge on any atom is -0.286 e. The fourth-order valence-electron chi connectivity index (χ4n) is 6.94. The number of hydrogen-bond acceptors (Lipinski definition) is 6. The summed E-state index contributed by atoms with van der Waals surface area (Å²) in [5, 5.41) is 3.97. The van der Waals surface area contributed by atoms with Crippen LogP contribution in [0.2, 0.25) is 0 Å². The first-order chi connectivity index (χ1) is 21.1. The van der Waals surface area contributed by atoms with E-state index < -0.39 is 5.66 Å². The predicted molar refractivity (Wildman–Crippen MR) is 169 cm³/mol. The lowest BCUT2D eigenvalue weighted by atomic mass is 10.1. The van der Waals surface area contributed by atoms with Gasteiger partial charge in [0, 0.05) is 43.8 Å². The highest BCUT2D eigenvalue weighted by molar-refractivity contribution is 6.25. The van der Waals surface area contributed by atoms with Gasteiger partial charge in [-0.2, -0.15) is 0 Å². The molecule has 0 unspecified atom stereocenters. The van der Waals surface area contributed by atoms with Crippen LogP contribution >= 0.6 is 0 Å². The van der Waals surface area contributed by atoms with E-state index in [4.69, 9.17) is 30.0 Å². The van der Waals surface area contributed by atoms with E-state index in [1.807, 2.05) is 48.5 Å². The highest BCUT2D eigenvalue weighted by Gasteiger charge is 2.37. The van der Waals surface area contributed by atoms with Gasteiger partial charge in [0.1, 0.15) is 28.3 Å². The molecule has 0 spiro atoms. The van der Waals surface area contributed by atoms with Gasteiger partial charge in [0.05, 0.1) is 0 Å². The molecule has 6 aromatic rings. The summed E-state index contributed by atoms with van der Waals surface area (Å²) >= 11 is 0. The Bertz CT molecular complexity index is 2370. The fourth-order valence-corrected chi connectivity index (χ4v) is 6.94.